The van der Waals surface area contributed by atoms with Crippen LogP contribution >= 0.6 is 11.8 Å². The Balaban J connectivity index is 1.48. The Morgan fingerprint density at radius 1 is 1.10 bits per heavy atom. The lowest BCUT2D eigenvalue weighted by Crippen LogP contribution is -2.18. The quantitative estimate of drug-likeness (QED) is 0.524. The van der Waals surface area contributed by atoms with Gasteiger partial charge >= 0.3 is 0 Å². The van der Waals surface area contributed by atoms with Crippen LogP contribution in [0.4, 0.5) is 4.79 Å². The number of benzene rings is 3. The molecule has 1 aromatic heterocycles. The number of rotatable bonds is 3. The number of fused-ring (bicyclic) bond motifs is 2. The molecule has 0 aliphatic carbocycles. The molecule has 0 atom stereocenters. The van der Waals surface area contributed by atoms with Crippen LogP contribution in [0.25, 0.3) is 27.8 Å². The number of thioether (sulfide) groups is 1. The molecule has 5 nitrogen and oxygen atoms in total. The van der Waals surface area contributed by atoms with Crippen molar-refractivity contribution in [2.75, 3.05) is 7.05 Å². The molecule has 1 aliphatic heterocycles. The van der Waals surface area contributed by atoms with Crippen molar-refractivity contribution >= 4 is 50.6 Å². The number of aliphatic imine (C=N–C) groups is 1. The number of hydrogen-bond donors (Lipinski definition) is 1. The van der Waals surface area contributed by atoms with Crippen molar-refractivity contribution in [2.45, 2.75) is 6.54 Å². The van der Waals surface area contributed by atoms with E-state index in [1.165, 1.54) is 28.1 Å². The van der Waals surface area contributed by atoms with E-state index >= 15 is 0 Å². The Morgan fingerprint density at radius 3 is 2.86 bits per heavy atom. The highest BCUT2D eigenvalue weighted by Gasteiger charge is 2.22. The Kier molecular flexibility index (Phi) is 4.41. The molecule has 142 valence electrons. The maximum Gasteiger partial charge on any atom is 0.289 e. The lowest BCUT2D eigenvalue weighted by atomic mass is 10.0. The van der Waals surface area contributed by atoms with Crippen LogP contribution in [0.2, 0.25) is 0 Å². The summed E-state index contributed by atoms with van der Waals surface area (Å²) in [5.74, 6) is 0.617. The molecule has 0 radical (unpaired) electrons. The molecule has 1 aliphatic rings. The summed E-state index contributed by atoms with van der Waals surface area (Å²) in [7, 11) is 1.68. The van der Waals surface area contributed by atoms with Crippen molar-refractivity contribution in [3.63, 3.8) is 0 Å². The van der Waals surface area contributed by atoms with Gasteiger partial charge in [-0.05, 0) is 51.9 Å². The van der Waals surface area contributed by atoms with Crippen molar-refractivity contribution < 1.29 is 4.79 Å². The Hall–Kier alpha value is -3.38. The minimum Gasteiger partial charge on any atom is -0.300 e. The third-order valence-electron chi connectivity index (χ3n) is 4.97. The molecule has 1 amide bonds. The van der Waals surface area contributed by atoms with Crippen LogP contribution in [-0.4, -0.2) is 27.9 Å². The molecule has 5 rings (SSSR count). The van der Waals surface area contributed by atoms with Gasteiger partial charge in [-0.2, -0.15) is 5.10 Å². The average Bonchev–Trinajstić information content (AvgIpc) is 3.30. The van der Waals surface area contributed by atoms with Crippen molar-refractivity contribution in [3.8, 4) is 0 Å². The van der Waals surface area contributed by atoms with Gasteiger partial charge in [-0.15, -0.1) is 0 Å². The molecular weight excluding hydrogens is 380 g/mol. The van der Waals surface area contributed by atoms with Gasteiger partial charge in [0.1, 0.15) is 5.84 Å². The van der Waals surface area contributed by atoms with Gasteiger partial charge < -0.3 is 5.32 Å². The summed E-state index contributed by atoms with van der Waals surface area (Å²) in [5.41, 5.74) is 3.21. The van der Waals surface area contributed by atoms with E-state index < -0.39 is 0 Å². The van der Waals surface area contributed by atoms with Crippen LogP contribution in [0.5, 0.6) is 0 Å². The normalized spacial score (nSPS) is 16.9. The lowest BCUT2D eigenvalue weighted by molar-refractivity contribution is 0.265. The predicted molar refractivity (Wildman–Crippen MR) is 120 cm³/mol. The van der Waals surface area contributed by atoms with E-state index in [2.05, 4.69) is 65.0 Å². The second kappa shape index (κ2) is 7.22. The number of amides is 1. The van der Waals surface area contributed by atoms with Gasteiger partial charge in [0, 0.05) is 18.6 Å². The maximum absolute atomic E-state index is 11.6. The lowest BCUT2D eigenvalue weighted by Gasteiger charge is -2.06. The smallest absolute Gasteiger partial charge is 0.289 e. The first-order valence-electron chi connectivity index (χ1n) is 9.31. The highest BCUT2D eigenvalue weighted by atomic mass is 32.2. The van der Waals surface area contributed by atoms with Crippen molar-refractivity contribution in [3.05, 3.63) is 82.9 Å². The van der Waals surface area contributed by atoms with Gasteiger partial charge in [0.25, 0.3) is 5.24 Å². The predicted octanol–water partition coefficient (Wildman–Crippen LogP) is 5.06. The molecule has 3 aromatic carbocycles. The highest BCUT2D eigenvalue weighted by Crippen LogP contribution is 2.27. The first-order chi connectivity index (χ1) is 14.2. The summed E-state index contributed by atoms with van der Waals surface area (Å²) in [6.45, 7) is 0.716. The van der Waals surface area contributed by atoms with Gasteiger partial charge in [-0.1, -0.05) is 48.5 Å². The van der Waals surface area contributed by atoms with Crippen LogP contribution in [0.1, 0.15) is 11.1 Å². The SMILES string of the molecule is CN=C1NC(=O)S/C1=C\c1ccc2nn(Cc3cccc4ccccc34)cc2c1. The molecule has 2 heterocycles. The summed E-state index contributed by atoms with van der Waals surface area (Å²) in [6.07, 6.45) is 4.05. The number of carbonyl (C=O) groups is 1. The van der Waals surface area contributed by atoms with Crippen molar-refractivity contribution in [1.82, 2.24) is 15.1 Å². The molecular formula is C23H18N4OS. The van der Waals surface area contributed by atoms with Crippen LogP contribution in [0.15, 0.2) is 76.8 Å². The van der Waals surface area contributed by atoms with E-state index in [9.17, 15) is 4.79 Å². The average molecular weight is 398 g/mol. The fraction of sp³-hybridized carbons (Fsp3) is 0.0870. The van der Waals surface area contributed by atoms with Gasteiger partial charge in [-0.3, -0.25) is 14.5 Å². The van der Waals surface area contributed by atoms with Crippen molar-refractivity contribution in [1.29, 1.82) is 0 Å². The summed E-state index contributed by atoms with van der Waals surface area (Å²) in [6, 6.07) is 20.9. The Morgan fingerprint density at radius 2 is 1.97 bits per heavy atom. The zero-order valence-electron chi connectivity index (χ0n) is 15.8. The van der Waals surface area contributed by atoms with Crippen LogP contribution < -0.4 is 5.32 Å². The molecule has 1 saturated heterocycles. The Bertz CT molecular complexity index is 1310. The topological polar surface area (TPSA) is 59.3 Å². The Labute approximate surface area is 172 Å². The fourth-order valence-corrected chi connectivity index (χ4v) is 4.40. The summed E-state index contributed by atoms with van der Waals surface area (Å²) in [5, 5.41) is 10.9. The van der Waals surface area contributed by atoms with E-state index in [0.717, 1.165) is 21.4 Å². The molecule has 4 aromatic rings. The molecule has 29 heavy (non-hydrogen) atoms. The van der Waals surface area contributed by atoms with Crippen molar-refractivity contribution in [2.24, 2.45) is 4.99 Å². The first kappa shape index (κ1) is 17.7. The van der Waals surface area contributed by atoms with Gasteiger partial charge in [-0.25, -0.2) is 0 Å². The second-order valence-electron chi connectivity index (χ2n) is 6.88. The molecule has 1 fully saturated rings. The largest absolute Gasteiger partial charge is 0.300 e. The van der Waals surface area contributed by atoms with E-state index in [1.54, 1.807) is 7.05 Å². The molecule has 0 saturated carbocycles. The summed E-state index contributed by atoms with van der Waals surface area (Å²) < 4.78 is 1.98. The monoisotopic (exact) mass is 398 g/mol. The second-order valence-corrected chi connectivity index (χ2v) is 7.89. The number of carbonyl (C=O) groups excluding carboxylic acids is 1. The van der Waals surface area contributed by atoms with E-state index in [4.69, 9.17) is 5.10 Å². The number of aromatic nitrogens is 2. The first-order valence-corrected chi connectivity index (χ1v) is 10.1. The van der Waals surface area contributed by atoms with Gasteiger partial charge in [0.15, 0.2) is 0 Å². The molecule has 1 N–H and O–H groups in total. The van der Waals surface area contributed by atoms with E-state index in [0.29, 0.717) is 12.4 Å². The zero-order chi connectivity index (χ0) is 19.8. The minimum absolute atomic E-state index is 0.0964. The molecule has 6 heteroatoms. The fourth-order valence-electron chi connectivity index (χ4n) is 3.62. The number of hydrogen-bond acceptors (Lipinski definition) is 4. The molecule has 0 spiro atoms. The highest BCUT2D eigenvalue weighted by molar-refractivity contribution is 8.18. The summed E-state index contributed by atoms with van der Waals surface area (Å²) in [4.78, 5) is 16.6. The van der Waals surface area contributed by atoms with E-state index in [-0.39, 0.29) is 5.24 Å². The summed E-state index contributed by atoms with van der Waals surface area (Å²) >= 11 is 1.17. The van der Waals surface area contributed by atoms with Gasteiger partial charge in [0.2, 0.25) is 0 Å². The van der Waals surface area contributed by atoms with Gasteiger partial charge in [0.05, 0.1) is 17.0 Å². The number of nitrogens with one attached hydrogen (secondary N) is 1. The molecule has 0 bridgehead atoms. The third-order valence-corrected chi connectivity index (χ3v) is 5.78. The van der Waals surface area contributed by atoms with Crippen LogP contribution in [0, 0.1) is 0 Å². The van der Waals surface area contributed by atoms with Crippen LogP contribution in [-0.2, 0) is 6.54 Å². The maximum atomic E-state index is 11.6. The third kappa shape index (κ3) is 3.43. The van der Waals surface area contributed by atoms with Crippen LogP contribution in [0.3, 0.4) is 0 Å². The van der Waals surface area contributed by atoms with E-state index in [1.807, 2.05) is 22.9 Å². The number of nitrogens with zero attached hydrogens (tertiary/aromatic N) is 3. The standard InChI is InChI=1S/C23H18N4OS/c1-24-22-21(29-23(28)25-22)12-15-9-10-20-18(11-15)14-27(26-20)13-17-7-4-6-16-5-2-3-8-19(16)17/h2-12,14H,13H2,1H3,(H,24,25,28)/b21-12-. The zero-order valence-corrected chi connectivity index (χ0v) is 16.6. The minimum atomic E-state index is -0.0964. The number of amidine groups is 1. The molecule has 0 unspecified atom stereocenters.